The van der Waals surface area contributed by atoms with Gasteiger partial charge >= 0.3 is 6.09 Å². The second-order valence-corrected chi connectivity index (χ2v) is 5.01. The second-order valence-electron chi connectivity index (χ2n) is 3.75. The molecule has 0 radical (unpaired) electrons. The van der Waals surface area contributed by atoms with E-state index in [-0.39, 0.29) is 0 Å². The molecule has 1 aromatic carbocycles. The van der Waals surface area contributed by atoms with E-state index >= 15 is 0 Å². The molecule has 0 unspecified atom stereocenters. The van der Waals surface area contributed by atoms with Gasteiger partial charge in [0.2, 0.25) is 0 Å². The molecule has 16 heavy (non-hydrogen) atoms. The van der Waals surface area contributed by atoms with E-state index < -0.39 is 6.09 Å². The Balaban J connectivity index is 2.53. The van der Waals surface area contributed by atoms with Crippen molar-refractivity contribution in [3.8, 4) is 0 Å². The third-order valence-corrected chi connectivity index (χ3v) is 2.93. The minimum atomic E-state index is -0.456. The van der Waals surface area contributed by atoms with Crippen LogP contribution >= 0.6 is 27.5 Å². The van der Waals surface area contributed by atoms with Crippen molar-refractivity contribution in [2.75, 3.05) is 11.9 Å². The fourth-order valence-electron chi connectivity index (χ4n) is 0.970. The topological polar surface area (TPSA) is 38.3 Å². The van der Waals surface area contributed by atoms with Gasteiger partial charge in [0, 0.05) is 10.2 Å². The maximum absolute atomic E-state index is 11.3. The van der Waals surface area contributed by atoms with Crippen molar-refractivity contribution in [1.82, 2.24) is 0 Å². The number of ether oxygens (including phenoxy) is 1. The number of carbonyl (C=O) groups excluding carboxylic acids is 1. The summed E-state index contributed by atoms with van der Waals surface area (Å²) < 4.78 is 5.71. The van der Waals surface area contributed by atoms with Crippen LogP contribution in [0.15, 0.2) is 22.7 Å². The maximum Gasteiger partial charge on any atom is 0.411 e. The summed E-state index contributed by atoms with van der Waals surface area (Å²) in [4.78, 5) is 11.3. The lowest BCUT2D eigenvalue weighted by Crippen LogP contribution is -2.16. The van der Waals surface area contributed by atoms with Gasteiger partial charge in [-0.25, -0.2) is 4.79 Å². The number of anilines is 1. The van der Waals surface area contributed by atoms with Gasteiger partial charge < -0.3 is 4.74 Å². The summed E-state index contributed by atoms with van der Waals surface area (Å²) in [6.45, 7) is 4.36. The minimum absolute atomic E-state index is 0.322. The lowest BCUT2D eigenvalue weighted by Gasteiger charge is -2.09. The Hall–Kier alpha value is -0.740. The lowest BCUT2D eigenvalue weighted by atomic mass is 10.2. The van der Waals surface area contributed by atoms with Crippen molar-refractivity contribution >= 4 is 39.3 Å². The third-order valence-electron chi connectivity index (χ3n) is 1.71. The fraction of sp³-hybridized carbons (Fsp3) is 0.364. The van der Waals surface area contributed by atoms with E-state index in [4.69, 9.17) is 16.3 Å². The van der Waals surface area contributed by atoms with Crippen LogP contribution in [0, 0.1) is 5.92 Å². The number of carbonyl (C=O) groups is 1. The number of rotatable bonds is 3. The fourth-order valence-corrected chi connectivity index (χ4v) is 1.47. The van der Waals surface area contributed by atoms with Crippen molar-refractivity contribution in [2.24, 2.45) is 5.92 Å². The molecule has 0 aliphatic heterocycles. The van der Waals surface area contributed by atoms with E-state index in [1.165, 1.54) is 0 Å². The summed E-state index contributed by atoms with van der Waals surface area (Å²) in [5.74, 6) is 0.322. The summed E-state index contributed by atoms with van der Waals surface area (Å²) >= 11 is 9.10. The highest BCUT2D eigenvalue weighted by molar-refractivity contribution is 9.10. The first kappa shape index (κ1) is 13.3. The molecule has 1 aromatic rings. The summed E-state index contributed by atoms with van der Waals surface area (Å²) in [5, 5.41) is 3.21. The van der Waals surface area contributed by atoms with Crippen molar-refractivity contribution in [1.29, 1.82) is 0 Å². The minimum Gasteiger partial charge on any atom is -0.449 e. The largest absolute Gasteiger partial charge is 0.449 e. The maximum atomic E-state index is 11.3. The van der Waals surface area contributed by atoms with Crippen LogP contribution in [0.2, 0.25) is 5.02 Å². The van der Waals surface area contributed by atoms with Gasteiger partial charge in [0.25, 0.3) is 0 Å². The lowest BCUT2D eigenvalue weighted by molar-refractivity contribution is 0.147. The van der Waals surface area contributed by atoms with Crippen LogP contribution in [0.3, 0.4) is 0 Å². The first-order valence-electron chi connectivity index (χ1n) is 4.88. The molecule has 5 heteroatoms. The predicted molar refractivity (Wildman–Crippen MR) is 69.0 cm³/mol. The summed E-state index contributed by atoms with van der Waals surface area (Å²) in [6, 6.07) is 5.13. The molecule has 1 rings (SSSR count). The average molecular weight is 307 g/mol. The van der Waals surface area contributed by atoms with Gasteiger partial charge in [-0.2, -0.15) is 0 Å². The Morgan fingerprint density at radius 1 is 1.56 bits per heavy atom. The van der Waals surface area contributed by atoms with Crippen molar-refractivity contribution < 1.29 is 9.53 Å². The predicted octanol–water partition coefficient (Wildman–Crippen LogP) is 4.31. The molecule has 0 aliphatic carbocycles. The average Bonchev–Trinajstić information content (AvgIpc) is 2.21. The highest BCUT2D eigenvalue weighted by Crippen LogP contribution is 2.25. The molecule has 0 fully saturated rings. The van der Waals surface area contributed by atoms with E-state index in [9.17, 15) is 4.79 Å². The highest BCUT2D eigenvalue weighted by Gasteiger charge is 2.05. The number of hydrogen-bond acceptors (Lipinski definition) is 2. The molecule has 0 aliphatic rings. The zero-order chi connectivity index (χ0) is 12.1. The zero-order valence-corrected chi connectivity index (χ0v) is 11.4. The Kier molecular flexibility index (Phi) is 5.09. The smallest absolute Gasteiger partial charge is 0.411 e. The van der Waals surface area contributed by atoms with Crippen LogP contribution < -0.4 is 5.32 Å². The Morgan fingerprint density at radius 3 is 2.81 bits per heavy atom. The molecule has 0 atom stereocenters. The van der Waals surface area contributed by atoms with Gasteiger partial charge in [0.15, 0.2) is 0 Å². The van der Waals surface area contributed by atoms with Gasteiger partial charge in [0.1, 0.15) is 0 Å². The first-order chi connectivity index (χ1) is 7.49. The van der Waals surface area contributed by atoms with Gasteiger partial charge in [-0.3, -0.25) is 5.32 Å². The molecular weight excluding hydrogens is 293 g/mol. The van der Waals surface area contributed by atoms with Gasteiger partial charge in [-0.1, -0.05) is 25.4 Å². The number of hydrogen-bond donors (Lipinski definition) is 1. The molecule has 0 saturated heterocycles. The molecule has 1 N–H and O–H groups in total. The van der Waals surface area contributed by atoms with Crippen molar-refractivity contribution in [3.63, 3.8) is 0 Å². The molecule has 0 bridgehead atoms. The van der Waals surface area contributed by atoms with Crippen LogP contribution in [-0.4, -0.2) is 12.7 Å². The first-order valence-corrected chi connectivity index (χ1v) is 6.05. The van der Waals surface area contributed by atoms with Crippen molar-refractivity contribution in [2.45, 2.75) is 13.8 Å². The van der Waals surface area contributed by atoms with Crippen LogP contribution in [-0.2, 0) is 4.74 Å². The van der Waals surface area contributed by atoms with E-state index in [0.717, 1.165) is 4.47 Å². The van der Waals surface area contributed by atoms with Gasteiger partial charge in [-0.05, 0) is 40.0 Å². The molecule has 0 aromatic heterocycles. The molecule has 1 amide bonds. The highest BCUT2D eigenvalue weighted by atomic mass is 79.9. The Morgan fingerprint density at radius 2 is 2.25 bits per heavy atom. The molecule has 0 heterocycles. The van der Waals surface area contributed by atoms with E-state index in [2.05, 4.69) is 21.2 Å². The molecular formula is C11H13BrClNO2. The standard InChI is InChI=1S/C11H13BrClNO2/c1-7(2)6-16-11(15)14-8-3-4-10(13)9(12)5-8/h3-5,7H,6H2,1-2H3,(H,14,15). The van der Waals surface area contributed by atoms with E-state index in [1.807, 2.05) is 13.8 Å². The number of halogens is 2. The summed E-state index contributed by atoms with van der Waals surface area (Å²) in [6.07, 6.45) is -0.456. The monoisotopic (exact) mass is 305 g/mol. The second kappa shape index (κ2) is 6.11. The number of benzene rings is 1. The van der Waals surface area contributed by atoms with Gasteiger partial charge in [-0.15, -0.1) is 0 Å². The molecule has 3 nitrogen and oxygen atoms in total. The zero-order valence-electron chi connectivity index (χ0n) is 9.09. The Labute approximate surface area is 108 Å². The quantitative estimate of drug-likeness (QED) is 0.904. The van der Waals surface area contributed by atoms with Crippen LogP contribution in [0.4, 0.5) is 10.5 Å². The number of amides is 1. The van der Waals surface area contributed by atoms with E-state index in [1.54, 1.807) is 18.2 Å². The van der Waals surface area contributed by atoms with Crippen LogP contribution in [0.25, 0.3) is 0 Å². The summed E-state index contributed by atoms with van der Waals surface area (Å²) in [5.41, 5.74) is 0.644. The molecule has 88 valence electrons. The molecule has 0 spiro atoms. The third kappa shape index (κ3) is 4.41. The SMILES string of the molecule is CC(C)COC(=O)Nc1ccc(Cl)c(Br)c1. The summed E-state index contributed by atoms with van der Waals surface area (Å²) in [7, 11) is 0. The van der Waals surface area contributed by atoms with Gasteiger partial charge in [0.05, 0.1) is 11.6 Å². The molecule has 0 saturated carbocycles. The normalized spacial score (nSPS) is 10.3. The van der Waals surface area contributed by atoms with Crippen LogP contribution in [0.5, 0.6) is 0 Å². The van der Waals surface area contributed by atoms with Crippen molar-refractivity contribution in [3.05, 3.63) is 27.7 Å². The van der Waals surface area contributed by atoms with E-state index in [0.29, 0.717) is 23.2 Å². The van der Waals surface area contributed by atoms with Crippen LogP contribution in [0.1, 0.15) is 13.8 Å². The Bertz CT molecular complexity index is 382. The number of nitrogens with one attached hydrogen (secondary N) is 1.